The zero-order chi connectivity index (χ0) is 13.2. The molecule has 2 N–H and O–H groups in total. The van der Waals surface area contributed by atoms with Gasteiger partial charge in [0.1, 0.15) is 5.82 Å². The molecule has 0 unspecified atom stereocenters. The van der Waals surface area contributed by atoms with Crippen LogP contribution >= 0.6 is 0 Å². The summed E-state index contributed by atoms with van der Waals surface area (Å²) in [6.45, 7) is 1.11. The molecule has 2 amide bonds. The van der Waals surface area contributed by atoms with Crippen LogP contribution in [0.1, 0.15) is 11.4 Å². The Bertz CT molecular complexity index is 610. The molecule has 0 radical (unpaired) electrons. The first-order chi connectivity index (χ1) is 9.22. The summed E-state index contributed by atoms with van der Waals surface area (Å²) in [7, 11) is 0. The smallest absolute Gasteiger partial charge is 0.322 e. The number of imidazole rings is 1. The van der Waals surface area contributed by atoms with Crippen LogP contribution in [-0.4, -0.2) is 27.4 Å². The van der Waals surface area contributed by atoms with E-state index in [1.807, 2.05) is 0 Å². The first-order valence-corrected chi connectivity index (χ1v) is 6.05. The number of aromatic amines is 1. The number of carbonyl (C=O) groups excluding carboxylic acids is 1. The van der Waals surface area contributed by atoms with Crippen LogP contribution in [0.15, 0.2) is 30.6 Å². The molecule has 1 aromatic carbocycles. The predicted octanol–water partition coefficient (Wildman–Crippen LogP) is 2.14. The molecule has 2 heterocycles. The monoisotopic (exact) mass is 260 g/mol. The molecular formula is C13H13FN4O. The normalized spacial score (nSPS) is 14.1. The number of aromatic nitrogens is 2. The third kappa shape index (κ3) is 2.42. The maximum Gasteiger partial charge on any atom is 0.322 e. The molecule has 6 heteroatoms. The molecular weight excluding hydrogens is 247 g/mol. The Morgan fingerprint density at radius 2 is 2.37 bits per heavy atom. The number of H-pyrrole nitrogens is 1. The van der Waals surface area contributed by atoms with Crippen molar-refractivity contribution in [2.24, 2.45) is 0 Å². The Kier molecular flexibility index (Phi) is 2.91. The summed E-state index contributed by atoms with van der Waals surface area (Å²) in [5, 5.41) is 2.69. The van der Waals surface area contributed by atoms with E-state index in [1.54, 1.807) is 23.4 Å². The number of nitrogens with one attached hydrogen (secondary N) is 2. The number of urea groups is 1. The van der Waals surface area contributed by atoms with Gasteiger partial charge in [0, 0.05) is 18.7 Å². The summed E-state index contributed by atoms with van der Waals surface area (Å²) in [6, 6.07) is 5.63. The van der Waals surface area contributed by atoms with Crippen LogP contribution in [0.5, 0.6) is 0 Å². The van der Waals surface area contributed by atoms with Crippen LogP contribution < -0.4 is 5.32 Å². The van der Waals surface area contributed by atoms with E-state index in [0.29, 0.717) is 18.8 Å². The first-order valence-electron chi connectivity index (χ1n) is 6.05. The lowest BCUT2D eigenvalue weighted by molar-refractivity contribution is 0.205. The van der Waals surface area contributed by atoms with Crippen molar-refractivity contribution < 1.29 is 9.18 Å². The number of benzene rings is 1. The summed E-state index contributed by atoms with van der Waals surface area (Å²) in [4.78, 5) is 20.9. The zero-order valence-corrected chi connectivity index (χ0v) is 10.2. The maximum atomic E-state index is 13.0. The average molecular weight is 260 g/mol. The number of halogens is 1. The van der Waals surface area contributed by atoms with Crippen molar-refractivity contribution in [3.8, 4) is 0 Å². The first kappa shape index (κ1) is 11.7. The number of hydrogen-bond acceptors (Lipinski definition) is 2. The van der Waals surface area contributed by atoms with E-state index in [-0.39, 0.29) is 11.8 Å². The van der Waals surface area contributed by atoms with Crippen molar-refractivity contribution in [2.45, 2.75) is 13.0 Å². The van der Waals surface area contributed by atoms with Gasteiger partial charge in [-0.15, -0.1) is 0 Å². The lowest BCUT2D eigenvalue weighted by Gasteiger charge is -2.26. The van der Waals surface area contributed by atoms with Gasteiger partial charge in [-0.3, -0.25) is 0 Å². The van der Waals surface area contributed by atoms with Gasteiger partial charge >= 0.3 is 6.03 Å². The number of carbonyl (C=O) groups is 1. The standard InChI is InChI=1S/C13H13FN4O/c14-9-2-1-3-10(6-9)17-13(19)18-5-4-11-12(7-18)16-8-15-11/h1-3,6,8H,4-5,7H2,(H,15,16)(H,17,19). The van der Waals surface area contributed by atoms with E-state index in [2.05, 4.69) is 15.3 Å². The molecule has 0 spiro atoms. The van der Waals surface area contributed by atoms with Gasteiger partial charge in [0.05, 0.1) is 24.3 Å². The minimum absolute atomic E-state index is 0.231. The molecule has 5 nitrogen and oxygen atoms in total. The summed E-state index contributed by atoms with van der Waals surface area (Å²) in [5.74, 6) is -0.368. The number of fused-ring (bicyclic) bond motifs is 1. The summed E-state index contributed by atoms with van der Waals surface area (Å²) >= 11 is 0. The molecule has 0 saturated carbocycles. The Labute approximate surface area is 109 Å². The summed E-state index contributed by atoms with van der Waals surface area (Å²) < 4.78 is 13.0. The van der Waals surface area contributed by atoms with E-state index in [1.165, 1.54) is 12.1 Å². The highest BCUT2D eigenvalue weighted by atomic mass is 19.1. The van der Waals surface area contributed by atoms with Crippen LogP contribution in [0.3, 0.4) is 0 Å². The molecule has 19 heavy (non-hydrogen) atoms. The molecule has 1 aromatic heterocycles. The molecule has 98 valence electrons. The lowest BCUT2D eigenvalue weighted by atomic mass is 10.1. The Balaban J connectivity index is 1.69. The average Bonchev–Trinajstić information content (AvgIpc) is 2.85. The third-order valence-electron chi connectivity index (χ3n) is 3.14. The van der Waals surface area contributed by atoms with Crippen LogP contribution in [-0.2, 0) is 13.0 Å². The topological polar surface area (TPSA) is 61.0 Å². The van der Waals surface area contributed by atoms with E-state index in [9.17, 15) is 9.18 Å². The number of amides is 2. The number of rotatable bonds is 1. The molecule has 0 fully saturated rings. The Hall–Kier alpha value is -2.37. The van der Waals surface area contributed by atoms with Crippen molar-refractivity contribution >= 4 is 11.7 Å². The van der Waals surface area contributed by atoms with Crippen molar-refractivity contribution in [3.05, 3.63) is 47.8 Å². The highest BCUT2D eigenvalue weighted by molar-refractivity contribution is 5.89. The van der Waals surface area contributed by atoms with Crippen LogP contribution in [0.2, 0.25) is 0 Å². The molecule has 2 aromatic rings. The fourth-order valence-electron chi connectivity index (χ4n) is 2.15. The minimum Gasteiger partial charge on any atom is -0.347 e. The van der Waals surface area contributed by atoms with E-state index < -0.39 is 0 Å². The number of nitrogens with zero attached hydrogens (tertiary/aromatic N) is 2. The predicted molar refractivity (Wildman–Crippen MR) is 68.1 cm³/mol. The fourth-order valence-corrected chi connectivity index (χ4v) is 2.15. The summed E-state index contributed by atoms with van der Waals surface area (Å²) in [5.41, 5.74) is 2.43. The van der Waals surface area contributed by atoms with Gasteiger partial charge in [-0.05, 0) is 18.2 Å². The number of hydrogen-bond donors (Lipinski definition) is 2. The lowest BCUT2D eigenvalue weighted by Crippen LogP contribution is -2.38. The molecule has 0 aliphatic carbocycles. The van der Waals surface area contributed by atoms with E-state index in [0.717, 1.165) is 17.8 Å². The quantitative estimate of drug-likeness (QED) is 0.825. The van der Waals surface area contributed by atoms with Gasteiger partial charge in [0.25, 0.3) is 0 Å². The van der Waals surface area contributed by atoms with Crippen molar-refractivity contribution in [2.75, 3.05) is 11.9 Å². The molecule has 3 rings (SSSR count). The Morgan fingerprint density at radius 3 is 3.21 bits per heavy atom. The van der Waals surface area contributed by atoms with Gasteiger partial charge in [-0.1, -0.05) is 6.07 Å². The molecule has 1 aliphatic rings. The second-order valence-electron chi connectivity index (χ2n) is 4.44. The fraction of sp³-hybridized carbons (Fsp3) is 0.231. The van der Waals surface area contributed by atoms with Crippen molar-refractivity contribution in [3.63, 3.8) is 0 Å². The molecule has 0 saturated heterocycles. The van der Waals surface area contributed by atoms with Crippen molar-refractivity contribution in [1.82, 2.24) is 14.9 Å². The van der Waals surface area contributed by atoms with E-state index in [4.69, 9.17) is 0 Å². The second-order valence-corrected chi connectivity index (χ2v) is 4.44. The van der Waals surface area contributed by atoms with Crippen LogP contribution in [0.4, 0.5) is 14.9 Å². The Morgan fingerprint density at radius 1 is 1.47 bits per heavy atom. The maximum absolute atomic E-state index is 13.0. The van der Waals surface area contributed by atoms with Crippen LogP contribution in [0, 0.1) is 5.82 Å². The number of anilines is 1. The molecule has 0 bridgehead atoms. The van der Waals surface area contributed by atoms with Gasteiger partial charge in [0.2, 0.25) is 0 Å². The third-order valence-corrected chi connectivity index (χ3v) is 3.14. The summed E-state index contributed by atoms with van der Waals surface area (Å²) in [6.07, 6.45) is 2.37. The highest BCUT2D eigenvalue weighted by Gasteiger charge is 2.22. The van der Waals surface area contributed by atoms with Gasteiger partial charge in [0.15, 0.2) is 0 Å². The SMILES string of the molecule is O=C(Nc1cccc(F)c1)N1CCc2nc[nH]c2C1. The van der Waals surface area contributed by atoms with Gasteiger partial charge in [-0.2, -0.15) is 0 Å². The molecule has 0 atom stereocenters. The van der Waals surface area contributed by atoms with Crippen molar-refractivity contribution in [1.29, 1.82) is 0 Å². The van der Waals surface area contributed by atoms with Gasteiger partial charge < -0.3 is 15.2 Å². The highest BCUT2D eigenvalue weighted by Crippen LogP contribution is 2.16. The van der Waals surface area contributed by atoms with E-state index >= 15 is 0 Å². The van der Waals surface area contributed by atoms with Gasteiger partial charge in [-0.25, -0.2) is 14.2 Å². The zero-order valence-electron chi connectivity index (χ0n) is 10.2. The minimum atomic E-state index is -0.368. The molecule has 1 aliphatic heterocycles. The largest absolute Gasteiger partial charge is 0.347 e. The van der Waals surface area contributed by atoms with Crippen LogP contribution in [0.25, 0.3) is 0 Å². The second kappa shape index (κ2) is 4.72.